The minimum Gasteiger partial charge on any atom is -0.462 e. The molecule has 4 nitrogen and oxygen atoms in total. The van der Waals surface area contributed by atoms with Crippen LogP contribution in [0.5, 0.6) is 0 Å². The minimum absolute atomic E-state index is 0.00418. The van der Waals surface area contributed by atoms with Gasteiger partial charge in [-0.1, -0.05) is 72.1 Å². The maximum atomic E-state index is 13.1. The van der Waals surface area contributed by atoms with Crippen LogP contribution >= 0.6 is 11.6 Å². The van der Waals surface area contributed by atoms with Crippen molar-refractivity contribution in [1.29, 1.82) is 0 Å². The topological polar surface area (TPSA) is 32.8 Å². The number of esters is 1. The standard InChI is InChI=1S/C32H39ClN2O2/c1-22-7-6-14-32(2)20-29-26(19-28(22)32)27(31(36)37-29)21-34-15-17-35(18-16-34)30(23-8-4-3-5-9-23)24-10-12-25(33)13-11-24/h3-5,8-13,26-27,29-30H,6-7,14-21H2,1-2H3/t26-,27+,29-,30-,32-/m1/s1. The maximum absolute atomic E-state index is 13.1. The van der Waals surface area contributed by atoms with E-state index >= 15 is 0 Å². The Kier molecular flexibility index (Phi) is 6.94. The fourth-order valence-corrected chi connectivity index (χ4v) is 7.82. The minimum atomic E-state index is 0.00418. The van der Waals surface area contributed by atoms with Crippen LogP contribution in [0.4, 0.5) is 0 Å². The van der Waals surface area contributed by atoms with Crippen LogP contribution in [0.2, 0.25) is 5.02 Å². The highest BCUT2D eigenvalue weighted by Crippen LogP contribution is 2.55. The normalized spacial score (nSPS) is 31.5. The highest BCUT2D eigenvalue weighted by atomic mass is 35.5. The van der Waals surface area contributed by atoms with Crippen LogP contribution in [-0.4, -0.2) is 54.6 Å². The van der Waals surface area contributed by atoms with E-state index in [2.05, 4.69) is 66.1 Å². The van der Waals surface area contributed by atoms with E-state index in [1.54, 1.807) is 11.1 Å². The number of piperazine rings is 1. The Morgan fingerprint density at radius 1 is 1.03 bits per heavy atom. The van der Waals surface area contributed by atoms with Crippen molar-refractivity contribution in [2.75, 3.05) is 32.7 Å². The number of carbonyl (C=O) groups excluding carboxylic acids is 1. The highest BCUT2D eigenvalue weighted by molar-refractivity contribution is 6.30. The number of nitrogens with zero attached hydrogens (tertiary/aromatic N) is 2. The summed E-state index contributed by atoms with van der Waals surface area (Å²) in [6, 6.07) is 19.3. The molecule has 0 bridgehead atoms. The van der Waals surface area contributed by atoms with Crippen LogP contribution in [0.25, 0.3) is 0 Å². The smallest absolute Gasteiger partial charge is 0.310 e. The van der Waals surface area contributed by atoms with Crippen LogP contribution < -0.4 is 0 Å². The number of hydrogen-bond donors (Lipinski definition) is 0. The van der Waals surface area contributed by atoms with Gasteiger partial charge in [0.1, 0.15) is 6.10 Å². The summed E-state index contributed by atoms with van der Waals surface area (Å²) in [7, 11) is 0. The number of hydrogen-bond acceptors (Lipinski definition) is 4. The third kappa shape index (κ3) is 4.89. The molecule has 2 aromatic rings. The van der Waals surface area contributed by atoms with Crippen molar-refractivity contribution in [2.45, 2.75) is 58.1 Å². The van der Waals surface area contributed by atoms with Crippen LogP contribution in [0.1, 0.15) is 63.1 Å². The highest BCUT2D eigenvalue weighted by Gasteiger charge is 2.53. The van der Waals surface area contributed by atoms with E-state index in [-0.39, 0.29) is 29.4 Å². The Labute approximate surface area is 226 Å². The largest absolute Gasteiger partial charge is 0.462 e. The summed E-state index contributed by atoms with van der Waals surface area (Å²) in [6.45, 7) is 9.44. The molecule has 0 radical (unpaired) electrons. The summed E-state index contributed by atoms with van der Waals surface area (Å²) < 4.78 is 6.04. The van der Waals surface area contributed by atoms with Gasteiger partial charge in [-0.25, -0.2) is 0 Å². The summed E-state index contributed by atoms with van der Waals surface area (Å²) in [6.07, 6.45) is 5.90. The first-order chi connectivity index (χ1) is 17.9. The molecule has 196 valence electrons. The summed E-state index contributed by atoms with van der Waals surface area (Å²) in [5.41, 5.74) is 6.03. The van der Waals surface area contributed by atoms with Crippen molar-refractivity contribution in [3.63, 3.8) is 0 Å². The lowest BCUT2D eigenvalue weighted by Gasteiger charge is -2.46. The zero-order valence-electron chi connectivity index (χ0n) is 22.2. The van der Waals surface area contributed by atoms with Crippen LogP contribution in [0.15, 0.2) is 65.7 Å². The molecule has 3 fully saturated rings. The van der Waals surface area contributed by atoms with Crippen molar-refractivity contribution in [1.82, 2.24) is 9.80 Å². The average Bonchev–Trinajstić information content (AvgIpc) is 3.19. The maximum Gasteiger partial charge on any atom is 0.310 e. The number of rotatable bonds is 5. The van der Waals surface area contributed by atoms with Gasteiger partial charge >= 0.3 is 5.97 Å². The second-order valence-corrected chi connectivity index (χ2v) is 12.5. The van der Waals surface area contributed by atoms with E-state index in [4.69, 9.17) is 16.3 Å². The predicted octanol–water partition coefficient (Wildman–Crippen LogP) is 6.51. The molecule has 0 unspecified atom stereocenters. The molecular weight excluding hydrogens is 480 g/mol. The summed E-state index contributed by atoms with van der Waals surface area (Å²) in [5.74, 6) is 0.388. The third-order valence-corrected chi connectivity index (χ3v) is 9.96. The van der Waals surface area contributed by atoms with E-state index < -0.39 is 0 Å². The van der Waals surface area contributed by atoms with Crippen LogP contribution in [0, 0.1) is 17.3 Å². The van der Waals surface area contributed by atoms with Crippen LogP contribution in [-0.2, 0) is 9.53 Å². The van der Waals surface area contributed by atoms with Crippen molar-refractivity contribution < 1.29 is 9.53 Å². The number of halogens is 1. The quantitative estimate of drug-likeness (QED) is 0.334. The fraction of sp³-hybridized carbons (Fsp3) is 0.531. The Hall–Kier alpha value is -2.14. The van der Waals surface area contributed by atoms with Crippen molar-refractivity contribution in [3.8, 4) is 0 Å². The molecule has 4 aliphatic rings. The van der Waals surface area contributed by atoms with Crippen molar-refractivity contribution >= 4 is 17.6 Å². The van der Waals surface area contributed by atoms with E-state index in [0.29, 0.717) is 5.92 Å². The zero-order chi connectivity index (χ0) is 25.6. The Morgan fingerprint density at radius 2 is 1.73 bits per heavy atom. The van der Waals surface area contributed by atoms with Gasteiger partial charge in [-0.3, -0.25) is 14.6 Å². The molecule has 2 aliphatic heterocycles. The molecule has 6 rings (SSSR count). The van der Waals surface area contributed by atoms with E-state index in [0.717, 1.165) is 50.6 Å². The molecule has 0 amide bonds. The molecule has 37 heavy (non-hydrogen) atoms. The second-order valence-electron chi connectivity index (χ2n) is 12.0. The fourth-order valence-electron chi connectivity index (χ4n) is 7.70. The SMILES string of the molecule is CC1=C2C[C@@H]3[C@H](CN4CCN([C@H](c5ccccc5)c5ccc(Cl)cc5)CC4)C(=O)O[C@@H]3C[C@@]2(C)CCC1. The molecule has 0 spiro atoms. The summed E-state index contributed by atoms with van der Waals surface area (Å²) in [4.78, 5) is 18.2. The molecule has 0 N–H and O–H groups in total. The van der Waals surface area contributed by atoms with E-state index in [9.17, 15) is 4.79 Å². The monoisotopic (exact) mass is 518 g/mol. The lowest BCUT2D eigenvalue weighted by atomic mass is 9.59. The van der Waals surface area contributed by atoms with Crippen molar-refractivity contribution in [3.05, 3.63) is 81.9 Å². The van der Waals surface area contributed by atoms with E-state index in [1.165, 1.54) is 30.4 Å². The van der Waals surface area contributed by atoms with Gasteiger partial charge in [-0.15, -0.1) is 0 Å². The lowest BCUT2D eigenvalue weighted by molar-refractivity contribution is -0.145. The molecule has 0 aromatic heterocycles. The number of allylic oxidation sites excluding steroid dienone is 2. The van der Waals surface area contributed by atoms with Gasteiger partial charge in [-0.05, 0) is 67.7 Å². The molecule has 2 aromatic carbocycles. The van der Waals surface area contributed by atoms with Gasteiger partial charge in [0.05, 0.1) is 12.0 Å². The molecule has 2 heterocycles. The first-order valence-corrected chi connectivity index (χ1v) is 14.5. The summed E-state index contributed by atoms with van der Waals surface area (Å²) >= 11 is 6.20. The van der Waals surface area contributed by atoms with Crippen molar-refractivity contribution in [2.24, 2.45) is 17.3 Å². The lowest BCUT2D eigenvalue weighted by Crippen LogP contribution is -2.50. The average molecular weight is 519 g/mol. The second kappa shape index (κ2) is 10.2. The Morgan fingerprint density at radius 3 is 2.46 bits per heavy atom. The Balaban J connectivity index is 1.14. The first-order valence-electron chi connectivity index (χ1n) is 14.1. The molecule has 5 heteroatoms. The van der Waals surface area contributed by atoms with Gasteiger partial charge in [0.25, 0.3) is 0 Å². The predicted molar refractivity (Wildman–Crippen MR) is 149 cm³/mol. The van der Waals surface area contributed by atoms with Gasteiger partial charge in [0.2, 0.25) is 0 Å². The van der Waals surface area contributed by atoms with Gasteiger partial charge in [0, 0.05) is 43.7 Å². The number of fused-ring (bicyclic) bond motifs is 2. The Bertz CT molecular complexity index is 1160. The number of carbonyl (C=O) groups is 1. The van der Waals surface area contributed by atoms with Gasteiger partial charge in [-0.2, -0.15) is 0 Å². The van der Waals surface area contributed by atoms with Gasteiger partial charge < -0.3 is 4.74 Å². The van der Waals surface area contributed by atoms with Crippen LogP contribution in [0.3, 0.4) is 0 Å². The molecule has 5 atom stereocenters. The molecule has 1 saturated carbocycles. The van der Waals surface area contributed by atoms with Gasteiger partial charge in [0.15, 0.2) is 0 Å². The number of ether oxygens (including phenoxy) is 1. The molecular formula is C32H39ClN2O2. The first kappa shape index (κ1) is 25.2. The van der Waals surface area contributed by atoms with E-state index in [1.807, 2.05) is 12.1 Å². The zero-order valence-corrected chi connectivity index (χ0v) is 22.9. The third-order valence-electron chi connectivity index (χ3n) is 9.71. The number of benzene rings is 2. The molecule has 2 saturated heterocycles. The summed E-state index contributed by atoms with van der Waals surface area (Å²) in [5, 5.41) is 0.768. The molecule has 2 aliphatic carbocycles.